The first-order valence-electron chi connectivity index (χ1n) is 5.56. The molecule has 8 heteroatoms. The molecule has 1 amide bonds. The van der Waals surface area contributed by atoms with Crippen molar-refractivity contribution in [3.8, 4) is 5.75 Å². The molecule has 0 saturated carbocycles. The molecule has 1 aromatic heterocycles. The summed E-state index contributed by atoms with van der Waals surface area (Å²) in [6.07, 6.45) is 0. The lowest BCUT2D eigenvalue weighted by molar-refractivity contribution is 0.102. The number of aryl methyl sites for hydroxylation is 1. The van der Waals surface area contributed by atoms with Gasteiger partial charge in [-0.1, -0.05) is 5.10 Å². The van der Waals surface area contributed by atoms with Gasteiger partial charge < -0.3 is 4.74 Å². The number of carbonyl (C=O) groups excluding carboxylic acids is 1. The van der Waals surface area contributed by atoms with E-state index < -0.39 is 0 Å². The second-order valence-electron chi connectivity index (χ2n) is 3.62. The Morgan fingerprint density at radius 1 is 1.53 bits per heavy atom. The van der Waals surface area contributed by atoms with E-state index in [1.807, 2.05) is 6.92 Å². The molecule has 0 aliphatic carbocycles. The van der Waals surface area contributed by atoms with Gasteiger partial charge in [0, 0.05) is 12.1 Å². The van der Waals surface area contributed by atoms with Gasteiger partial charge in [-0.05, 0) is 51.5 Å². The second kappa shape index (κ2) is 5.79. The molecule has 0 aliphatic rings. The third-order valence-corrected chi connectivity index (χ3v) is 3.09. The summed E-state index contributed by atoms with van der Waals surface area (Å²) in [5.74, 6) is 0.697. The number of tetrazole rings is 1. The number of nitrogens with zero attached hydrogens (tertiary/aromatic N) is 4. The molecule has 1 heterocycles. The van der Waals surface area contributed by atoms with E-state index in [9.17, 15) is 4.79 Å². The second-order valence-corrected chi connectivity index (χ2v) is 4.48. The largest absolute Gasteiger partial charge is 0.496 e. The first-order chi connectivity index (χ1) is 9.15. The van der Waals surface area contributed by atoms with Crippen LogP contribution in [0, 0.1) is 0 Å². The molecule has 0 aliphatic heterocycles. The van der Waals surface area contributed by atoms with Crippen LogP contribution in [0.1, 0.15) is 17.3 Å². The average molecular weight is 326 g/mol. The van der Waals surface area contributed by atoms with Gasteiger partial charge in [-0.25, -0.2) is 4.68 Å². The van der Waals surface area contributed by atoms with Crippen molar-refractivity contribution < 1.29 is 9.53 Å². The monoisotopic (exact) mass is 325 g/mol. The standard InChI is InChI=1S/C11H12BrN5O2/c1-3-17-11(14-15-16-17)13-10(18)7-4-5-9(19-2)8(12)6-7/h4-6H,3H2,1-2H3,(H,13,14,16,18). The number of ether oxygens (including phenoxy) is 1. The van der Waals surface area contributed by atoms with Crippen molar-refractivity contribution in [3.63, 3.8) is 0 Å². The Morgan fingerprint density at radius 3 is 2.95 bits per heavy atom. The molecule has 2 rings (SSSR count). The molecule has 0 fully saturated rings. The molecule has 0 radical (unpaired) electrons. The van der Waals surface area contributed by atoms with Crippen molar-refractivity contribution in [3.05, 3.63) is 28.2 Å². The minimum atomic E-state index is -0.284. The van der Waals surface area contributed by atoms with E-state index in [2.05, 4.69) is 36.8 Å². The first-order valence-corrected chi connectivity index (χ1v) is 6.36. The Kier molecular flexibility index (Phi) is 4.10. The molecule has 1 N–H and O–H groups in total. The van der Waals surface area contributed by atoms with E-state index in [1.54, 1.807) is 25.3 Å². The zero-order valence-electron chi connectivity index (χ0n) is 10.4. The van der Waals surface area contributed by atoms with Crippen molar-refractivity contribution in [2.75, 3.05) is 12.4 Å². The number of aromatic nitrogens is 4. The Bertz CT molecular complexity index is 599. The number of nitrogens with one attached hydrogen (secondary N) is 1. The summed E-state index contributed by atoms with van der Waals surface area (Å²) >= 11 is 3.33. The lowest BCUT2D eigenvalue weighted by Gasteiger charge is -2.07. The fourth-order valence-electron chi connectivity index (χ4n) is 1.49. The minimum Gasteiger partial charge on any atom is -0.496 e. The molecule has 2 aromatic rings. The molecule has 19 heavy (non-hydrogen) atoms. The van der Waals surface area contributed by atoms with Gasteiger partial charge in [0.05, 0.1) is 11.6 Å². The van der Waals surface area contributed by atoms with Crippen LogP contribution in [0.5, 0.6) is 5.75 Å². The molecule has 0 saturated heterocycles. The van der Waals surface area contributed by atoms with Gasteiger partial charge >= 0.3 is 0 Å². The van der Waals surface area contributed by atoms with Gasteiger partial charge in [-0.3, -0.25) is 10.1 Å². The fraction of sp³-hybridized carbons (Fsp3) is 0.273. The highest BCUT2D eigenvalue weighted by Gasteiger charge is 2.12. The average Bonchev–Trinajstić information content (AvgIpc) is 2.85. The minimum absolute atomic E-state index is 0.284. The molecule has 0 spiro atoms. The number of hydrogen-bond acceptors (Lipinski definition) is 5. The van der Waals surface area contributed by atoms with Crippen molar-refractivity contribution >= 4 is 27.8 Å². The van der Waals surface area contributed by atoms with Crippen LogP contribution in [0.4, 0.5) is 5.95 Å². The van der Waals surface area contributed by atoms with Crippen LogP contribution in [0.3, 0.4) is 0 Å². The van der Waals surface area contributed by atoms with Crippen LogP contribution in [0.25, 0.3) is 0 Å². The lowest BCUT2D eigenvalue weighted by Crippen LogP contribution is -2.16. The number of halogens is 1. The quantitative estimate of drug-likeness (QED) is 0.925. The van der Waals surface area contributed by atoms with Crippen molar-refractivity contribution in [1.29, 1.82) is 0 Å². The molecule has 100 valence electrons. The normalized spacial score (nSPS) is 10.3. The maximum Gasteiger partial charge on any atom is 0.258 e. The highest BCUT2D eigenvalue weighted by atomic mass is 79.9. The van der Waals surface area contributed by atoms with Crippen LogP contribution in [0.15, 0.2) is 22.7 Å². The van der Waals surface area contributed by atoms with Gasteiger partial charge in [0.2, 0.25) is 5.95 Å². The summed E-state index contributed by atoms with van der Waals surface area (Å²) < 4.78 is 7.31. The Morgan fingerprint density at radius 2 is 2.32 bits per heavy atom. The predicted octanol–water partition coefficient (Wildman–Crippen LogP) is 1.72. The number of anilines is 1. The number of methoxy groups -OCH3 is 1. The fourth-order valence-corrected chi connectivity index (χ4v) is 2.03. The lowest BCUT2D eigenvalue weighted by atomic mass is 10.2. The molecule has 0 atom stereocenters. The number of hydrogen-bond donors (Lipinski definition) is 1. The first kappa shape index (κ1) is 13.5. The van der Waals surface area contributed by atoms with Gasteiger partial charge in [0.25, 0.3) is 5.91 Å². The number of benzene rings is 1. The van der Waals surface area contributed by atoms with Crippen LogP contribution in [-0.2, 0) is 6.54 Å². The van der Waals surface area contributed by atoms with Crippen LogP contribution in [0.2, 0.25) is 0 Å². The number of amides is 1. The van der Waals surface area contributed by atoms with Crippen molar-refractivity contribution in [2.24, 2.45) is 0 Å². The van der Waals surface area contributed by atoms with E-state index in [-0.39, 0.29) is 5.91 Å². The third-order valence-electron chi connectivity index (χ3n) is 2.47. The van der Waals surface area contributed by atoms with Crippen LogP contribution in [-0.4, -0.2) is 33.2 Å². The molecular weight excluding hydrogens is 314 g/mol. The zero-order chi connectivity index (χ0) is 13.8. The highest BCUT2D eigenvalue weighted by Crippen LogP contribution is 2.25. The zero-order valence-corrected chi connectivity index (χ0v) is 12.0. The van der Waals surface area contributed by atoms with E-state index in [1.165, 1.54) is 4.68 Å². The summed E-state index contributed by atoms with van der Waals surface area (Å²) in [6.45, 7) is 2.46. The van der Waals surface area contributed by atoms with E-state index >= 15 is 0 Å². The van der Waals surface area contributed by atoms with E-state index in [4.69, 9.17) is 4.74 Å². The number of rotatable bonds is 4. The Labute approximate surface area is 118 Å². The summed E-state index contributed by atoms with van der Waals surface area (Å²) in [5.41, 5.74) is 0.485. The van der Waals surface area contributed by atoms with Crippen molar-refractivity contribution in [1.82, 2.24) is 20.2 Å². The predicted molar refractivity (Wildman–Crippen MR) is 72.1 cm³/mol. The summed E-state index contributed by atoms with van der Waals surface area (Å²) in [5, 5.41) is 13.6. The van der Waals surface area contributed by atoms with Gasteiger partial charge in [0.15, 0.2) is 0 Å². The van der Waals surface area contributed by atoms with E-state index in [0.29, 0.717) is 28.3 Å². The summed E-state index contributed by atoms with van der Waals surface area (Å²) in [7, 11) is 1.56. The highest BCUT2D eigenvalue weighted by molar-refractivity contribution is 9.10. The molecule has 0 unspecified atom stereocenters. The van der Waals surface area contributed by atoms with Gasteiger partial charge in [-0.2, -0.15) is 0 Å². The number of carbonyl (C=O) groups is 1. The molecule has 1 aromatic carbocycles. The molecule has 7 nitrogen and oxygen atoms in total. The van der Waals surface area contributed by atoms with Gasteiger partial charge in [0.1, 0.15) is 5.75 Å². The SMILES string of the molecule is CCn1nnnc1NC(=O)c1ccc(OC)c(Br)c1. The van der Waals surface area contributed by atoms with Gasteiger partial charge in [-0.15, -0.1) is 0 Å². The summed E-state index contributed by atoms with van der Waals surface area (Å²) in [6, 6.07) is 5.05. The topological polar surface area (TPSA) is 81.9 Å². The Balaban J connectivity index is 2.18. The van der Waals surface area contributed by atoms with E-state index in [0.717, 1.165) is 0 Å². The van der Waals surface area contributed by atoms with Crippen LogP contribution >= 0.6 is 15.9 Å². The molecule has 0 bridgehead atoms. The summed E-state index contributed by atoms with van der Waals surface area (Å²) in [4.78, 5) is 12.1. The maximum absolute atomic E-state index is 12.1. The third kappa shape index (κ3) is 2.90. The van der Waals surface area contributed by atoms with Crippen molar-refractivity contribution in [2.45, 2.75) is 13.5 Å². The Hall–Kier alpha value is -1.96. The smallest absolute Gasteiger partial charge is 0.258 e. The molecular formula is C11H12BrN5O2. The maximum atomic E-state index is 12.1. The van der Waals surface area contributed by atoms with Crippen LogP contribution < -0.4 is 10.1 Å².